The van der Waals surface area contributed by atoms with Gasteiger partial charge in [-0.3, -0.25) is 0 Å². The number of hydrogen-bond donors (Lipinski definition) is 0. The Morgan fingerprint density at radius 2 is 0.864 bits per heavy atom. The molecule has 0 N–H and O–H groups in total. The van der Waals surface area contributed by atoms with Gasteiger partial charge in [-0.25, -0.2) is 0 Å². The fraction of sp³-hybridized carbons (Fsp3) is 0.952. The Hall–Kier alpha value is -0.0400. The van der Waals surface area contributed by atoms with Crippen LogP contribution in [0.5, 0.6) is 0 Å². The molecule has 0 aliphatic rings. The first-order chi connectivity index (χ1) is 10.9. The fourth-order valence-electron chi connectivity index (χ4n) is 2.98. The van der Waals surface area contributed by atoms with Crippen LogP contribution in [0.25, 0.3) is 0 Å². The molecule has 0 aliphatic heterocycles. The van der Waals surface area contributed by atoms with Gasteiger partial charge in [-0.15, -0.1) is 0 Å². The minimum absolute atomic E-state index is 0.818. The second kappa shape index (κ2) is 21.0. The predicted molar refractivity (Wildman–Crippen MR) is 100 cm³/mol. The van der Waals surface area contributed by atoms with Crippen molar-refractivity contribution in [1.82, 2.24) is 0 Å². The third kappa shape index (κ3) is 20.0. The number of hydrogen-bond acceptors (Lipinski definition) is 1. The van der Waals surface area contributed by atoms with E-state index in [1.807, 2.05) is 13.5 Å². The number of ether oxygens (including phenoxy) is 1. The van der Waals surface area contributed by atoms with Crippen molar-refractivity contribution < 1.29 is 4.74 Å². The molecule has 133 valence electrons. The van der Waals surface area contributed by atoms with Crippen LogP contribution in [-0.2, 0) is 4.74 Å². The first kappa shape index (κ1) is 22.0. The molecule has 22 heavy (non-hydrogen) atoms. The van der Waals surface area contributed by atoms with Crippen LogP contribution < -0.4 is 0 Å². The lowest BCUT2D eigenvalue weighted by Crippen LogP contribution is -1.87. The van der Waals surface area contributed by atoms with Crippen molar-refractivity contribution in [2.45, 2.75) is 123 Å². The Bertz CT molecular complexity index is 159. The van der Waals surface area contributed by atoms with Gasteiger partial charge < -0.3 is 4.74 Å². The van der Waals surface area contributed by atoms with Gasteiger partial charge in [0.1, 0.15) is 0 Å². The highest BCUT2D eigenvalue weighted by Crippen LogP contribution is 2.14. The summed E-state index contributed by atoms with van der Waals surface area (Å²) in [5.74, 6) is 0. The van der Waals surface area contributed by atoms with E-state index < -0.39 is 0 Å². The summed E-state index contributed by atoms with van der Waals surface area (Å²) in [6.07, 6.45) is 24.1. The van der Waals surface area contributed by atoms with Gasteiger partial charge in [-0.1, -0.05) is 110 Å². The van der Waals surface area contributed by atoms with Crippen molar-refractivity contribution in [1.29, 1.82) is 0 Å². The Kier molecular flexibility index (Phi) is 20.9. The number of rotatable bonds is 19. The monoisotopic (exact) mass is 311 g/mol. The molecule has 0 atom stereocenters. The summed E-state index contributed by atoms with van der Waals surface area (Å²) >= 11 is 0. The Labute approximate surface area is 141 Å². The summed E-state index contributed by atoms with van der Waals surface area (Å²) < 4.78 is 5.23. The van der Waals surface area contributed by atoms with E-state index in [2.05, 4.69) is 6.92 Å². The van der Waals surface area contributed by atoms with E-state index in [-0.39, 0.29) is 0 Å². The topological polar surface area (TPSA) is 9.23 Å². The second-order valence-electron chi connectivity index (χ2n) is 6.71. The summed E-state index contributed by atoms with van der Waals surface area (Å²) in [6.45, 7) is 7.13. The van der Waals surface area contributed by atoms with Crippen molar-refractivity contribution in [2.75, 3.05) is 6.61 Å². The lowest BCUT2D eigenvalue weighted by atomic mass is 10.0. The molecule has 0 aliphatic carbocycles. The minimum atomic E-state index is 0.818. The molecule has 0 saturated heterocycles. The first-order valence-electron chi connectivity index (χ1n) is 10.3. The van der Waals surface area contributed by atoms with Crippen molar-refractivity contribution in [2.24, 2.45) is 0 Å². The summed E-state index contributed by atoms with van der Waals surface area (Å²) in [5.41, 5.74) is 0. The molecule has 0 unspecified atom stereocenters. The molecule has 0 aromatic heterocycles. The van der Waals surface area contributed by atoms with Gasteiger partial charge in [0.25, 0.3) is 0 Å². The standard InChI is InChI=1S/C21H43O/c1-3-5-6-7-8-9-10-11-12-13-14-15-16-17-18-19-20-21-22-4-2/h21H,3-20H2,1-2H3. The molecule has 1 nitrogen and oxygen atoms in total. The van der Waals surface area contributed by atoms with Gasteiger partial charge in [-0.2, -0.15) is 0 Å². The maximum absolute atomic E-state index is 5.23. The smallest absolute Gasteiger partial charge is 0.0836 e. The van der Waals surface area contributed by atoms with E-state index in [1.165, 1.54) is 103 Å². The average Bonchev–Trinajstić information content (AvgIpc) is 2.54. The van der Waals surface area contributed by atoms with Crippen LogP contribution in [0.15, 0.2) is 0 Å². The van der Waals surface area contributed by atoms with Gasteiger partial charge in [0.15, 0.2) is 0 Å². The molecule has 0 amide bonds. The van der Waals surface area contributed by atoms with Crippen LogP contribution >= 0.6 is 0 Å². The molecule has 0 heterocycles. The van der Waals surface area contributed by atoms with E-state index in [1.54, 1.807) is 0 Å². The maximum atomic E-state index is 5.23. The van der Waals surface area contributed by atoms with Gasteiger partial charge in [0, 0.05) is 6.61 Å². The van der Waals surface area contributed by atoms with Crippen molar-refractivity contribution in [3.05, 3.63) is 6.61 Å². The SMILES string of the molecule is CCCCCCCCCCCCCCCCCC[CH]OCC. The van der Waals surface area contributed by atoms with E-state index in [9.17, 15) is 0 Å². The lowest BCUT2D eigenvalue weighted by molar-refractivity contribution is 0.205. The highest BCUT2D eigenvalue weighted by molar-refractivity contribution is 4.53. The average molecular weight is 312 g/mol. The minimum Gasteiger partial charge on any atom is -0.376 e. The molecule has 1 heteroatoms. The second-order valence-corrected chi connectivity index (χ2v) is 6.71. The quantitative estimate of drug-likeness (QED) is 0.221. The van der Waals surface area contributed by atoms with E-state index in [4.69, 9.17) is 4.74 Å². The van der Waals surface area contributed by atoms with Gasteiger partial charge in [-0.05, 0) is 13.3 Å². The highest BCUT2D eigenvalue weighted by atomic mass is 16.5. The largest absolute Gasteiger partial charge is 0.376 e. The van der Waals surface area contributed by atoms with Crippen LogP contribution in [0, 0.1) is 6.61 Å². The first-order valence-corrected chi connectivity index (χ1v) is 10.3. The molecule has 0 aromatic rings. The molecule has 0 saturated carbocycles. The van der Waals surface area contributed by atoms with Gasteiger partial charge in [0.05, 0.1) is 6.61 Å². The fourth-order valence-corrected chi connectivity index (χ4v) is 2.98. The van der Waals surface area contributed by atoms with Gasteiger partial charge >= 0.3 is 0 Å². The normalized spacial score (nSPS) is 11.2. The van der Waals surface area contributed by atoms with Gasteiger partial charge in [0.2, 0.25) is 0 Å². The zero-order chi connectivity index (χ0) is 16.1. The van der Waals surface area contributed by atoms with Crippen LogP contribution in [0.4, 0.5) is 0 Å². The summed E-state index contributed by atoms with van der Waals surface area (Å²) in [7, 11) is 0. The lowest BCUT2D eigenvalue weighted by Gasteiger charge is -2.03. The van der Waals surface area contributed by atoms with Crippen LogP contribution in [0.1, 0.15) is 123 Å². The molecule has 0 bridgehead atoms. The Morgan fingerprint density at radius 1 is 0.500 bits per heavy atom. The third-order valence-corrected chi connectivity index (χ3v) is 4.46. The Balaban J connectivity index is 2.91. The molecule has 0 aromatic carbocycles. The van der Waals surface area contributed by atoms with Crippen LogP contribution in [0.2, 0.25) is 0 Å². The highest BCUT2D eigenvalue weighted by Gasteiger charge is 1.95. The van der Waals surface area contributed by atoms with E-state index >= 15 is 0 Å². The summed E-state index contributed by atoms with van der Waals surface area (Å²) in [4.78, 5) is 0. The molecular formula is C21H43O. The van der Waals surface area contributed by atoms with Crippen molar-refractivity contribution >= 4 is 0 Å². The van der Waals surface area contributed by atoms with Crippen molar-refractivity contribution in [3.63, 3.8) is 0 Å². The molecule has 0 spiro atoms. The van der Waals surface area contributed by atoms with E-state index in [0.717, 1.165) is 13.0 Å². The summed E-state index contributed by atoms with van der Waals surface area (Å²) in [5, 5.41) is 0. The molecule has 0 rings (SSSR count). The van der Waals surface area contributed by atoms with E-state index in [0.29, 0.717) is 0 Å². The number of unbranched alkanes of at least 4 members (excludes halogenated alkanes) is 16. The maximum Gasteiger partial charge on any atom is 0.0836 e. The predicted octanol–water partition coefficient (Wildman–Crippen LogP) is 7.84. The summed E-state index contributed by atoms with van der Waals surface area (Å²) in [6, 6.07) is 0. The Morgan fingerprint density at radius 3 is 1.23 bits per heavy atom. The van der Waals surface area contributed by atoms with Crippen LogP contribution in [-0.4, -0.2) is 6.61 Å². The zero-order valence-electron chi connectivity index (χ0n) is 15.7. The third-order valence-electron chi connectivity index (χ3n) is 4.46. The molecule has 1 radical (unpaired) electrons. The molecular weight excluding hydrogens is 268 g/mol. The molecule has 0 fully saturated rings. The van der Waals surface area contributed by atoms with Crippen LogP contribution in [0.3, 0.4) is 0 Å². The van der Waals surface area contributed by atoms with Crippen molar-refractivity contribution in [3.8, 4) is 0 Å². The zero-order valence-corrected chi connectivity index (χ0v) is 15.7.